The number of ether oxygens (including phenoxy) is 1. The van der Waals surface area contributed by atoms with Gasteiger partial charge in [-0.1, -0.05) is 12.1 Å². The third kappa shape index (κ3) is 4.54. The smallest absolute Gasteiger partial charge is 0.248 e. The van der Waals surface area contributed by atoms with E-state index in [2.05, 4.69) is 19.2 Å². The van der Waals surface area contributed by atoms with Crippen LogP contribution in [-0.4, -0.2) is 25.2 Å². The van der Waals surface area contributed by atoms with Crippen LogP contribution < -0.4 is 11.1 Å². The molecule has 0 unspecified atom stereocenters. The fourth-order valence-corrected chi connectivity index (χ4v) is 1.59. The van der Waals surface area contributed by atoms with Crippen LogP contribution in [0.5, 0.6) is 0 Å². The summed E-state index contributed by atoms with van der Waals surface area (Å²) in [6, 6.07) is 7.31. The summed E-state index contributed by atoms with van der Waals surface area (Å²) in [5.41, 5.74) is 6.70. The van der Waals surface area contributed by atoms with Crippen molar-refractivity contribution in [3.05, 3.63) is 35.4 Å². The van der Waals surface area contributed by atoms with E-state index >= 15 is 0 Å². The lowest BCUT2D eigenvalue weighted by Crippen LogP contribution is -2.42. The minimum atomic E-state index is -0.400. The molecule has 0 radical (unpaired) electrons. The highest BCUT2D eigenvalue weighted by Gasteiger charge is 2.16. The molecular weight excluding hydrogens is 216 g/mol. The standard InChI is InChI=1S/C13H20N2O2/c1-13(2,9-17-3)15-8-10-5-4-6-11(7-10)12(14)16/h4-7,15H,8-9H2,1-3H3,(H2,14,16). The molecule has 0 aliphatic rings. The molecule has 0 spiro atoms. The van der Waals surface area contributed by atoms with Gasteiger partial charge < -0.3 is 15.8 Å². The van der Waals surface area contributed by atoms with E-state index < -0.39 is 5.91 Å². The highest BCUT2D eigenvalue weighted by Crippen LogP contribution is 2.08. The molecule has 0 aliphatic heterocycles. The van der Waals surface area contributed by atoms with Crippen LogP contribution in [0.25, 0.3) is 0 Å². The van der Waals surface area contributed by atoms with Crippen molar-refractivity contribution in [1.82, 2.24) is 5.32 Å². The summed E-state index contributed by atoms with van der Waals surface area (Å²) in [4.78, 5) is 11.0. The lowest BCUT2D eigenvalue weighted by atomic mass is 10.1. The average Bonchev–Trinajstić information content (AvgIpc) is 2.27. The molecule has 0 saturated heterocycles. The van der Waals surface area contributed by atoms with Crippen LogP contribution >= 0.6 is 0 Å². The number of amides is 1. The van der Waals surface area contributed by atoms with Gasteiger partial charge in [0.2, 0.25) is 5.91 Å². The molecule has 1 rings (SSSR count). The quantitative estimate of drug-likeness (QED) is 0.782. The predicted octanol–water partition coefficient (Wildman–Crippen LogP) is 1.30. The number of nitrogens with two attached hydrogens (primary N) is 1. The summed E-state index contributed by atoms with van der Waals surface area (Å²) in [7, 11) is 1.68. The van der Waals surface area contributed by atoms with E-state index in [1.54, 1.807) is 19.2 Å². The second-order valence-corrected chi connectivity index (χ2v) is 4.74. The summed E-state index contributed by atoms with van der Waals surface area (Å²) in [6.45, 7) is 5.43. The van der Waals surface area contributed by atoms with Crippen molar-refractivity contribution in [1.29, 1.82) is 0 Å². The van der Waals surface area contributed by atoms with E-state index in [-0.39, 0.29) is 5.54 Å². The van der Waals surface area contributed by atoms with Gasteiger partial charge in [0, 0.05) is 24.8 Å². The van der Waals surface area contributed by atoms with Gasteiger partial charge in [0.25, 0.3) is 0 Å². The summed E-state index contributed by atoms with van der Waals surface area (Å²) < 4.78 is 5.12. The number of hydrogen-bond acceptors (Lipinski definition) is 3. The van der Waals surface area contributed by atoms with Gasteiger partial charge in [-0.25, -0.2) is 0 Å². The van der Waals surface area contributed by atoms with Gasteiger partial charge in [0.15, 0.2) is 0 Å². The van der Waals surface area contributed by atoms with Crippen LogP contribution in [0.15, 0.2) is 24.3 Å². The summed E-state index contributed by atoms with van der Waals surface area (Å²) in [6.07, 6.45) is 0. The zero-order chi connectivity index (χ0) is 12.9. The Bertz CT molecular complexity index is 389. The van der Waals surface area contributed by atoms with Crippen LogP contribution in [-0.2, 0) is 11.3 Å². The molecule has 0 heterocycles. The third-order valence-corrected chi connectivity index (χ3v) is 2.49. The highest BCUT2D eigenvalue weighted by atomic mass is 16.5. The fraction of sp³-hybridized carbons (Fsp3) is 0.462. The van der Waals surface area contributed by atoms with Gasteiger partial charge in [0.1, 0.15) is 0 Å². The van der Waals surface area contributed by atoms with Crippen molar-refractivity contribution in [3.63, 3.8) is 0 Å². The normalized spacial score (nSPS) is 11.5. The predicted molar refractivity (Wildman–Crippen MR) is 67.8 cm³/mol. The Morgan fingerprint density at radius 3 is 2.76 bits per heavy atom. The maximum atomic E-state index is 11.0. The fourth-order valence-electron chi connectivity index (χ4n) is 1.59. The van der Waals surface area contributed by atoms with Crippen LogP contribution in [0.4, 0.5) is 0 Å². The van der Waals surface area contributed by atoms with E-state index in [0.717, 1.165) is 5.56 Å². The molecule has 0 bridgehead atoms. The largest absolute Gasteiger partial charge is 0.383 e. The Morgan fingerprint density at radius 1 is 1.47 bits per heavy atom. The van der Waals surface area contributed by atoms with Gasteiger partial charge in [-0.3, -0.25) is 4.79 Å². The molecule has 1 aromatic carbocycles. The number of carbonyl (C=O) groups is 1. The van der Waals surface area contributed by atoms with Crippen molar-refractivity contribution in [3.8, 4) is 0 Å². The van der Waals surface area contributed by atoms with Gasteiger partial charge in [-0.15, -0.1) is 0 Å². The van der Waals surface area contributed by atoms with Crippen LogP contribution in [0.2, 0.25) is 0 Å². The SMILES string of the molecule is COCC(C)(C)NCc1cccc(C(N)=O)c1. The molecule has 0 saturated carbocycles. The molecule has 0 atom stereocenters. The number of benzene rings is 1. The zero-order valence-corrected chi connectivity index (χ0v) is 10.6. The Kier molecular flexibility index (Phi) is 4.66. The number of methoxy groups -OCH3 is 1. The lowest BCUT2D eigenvalue weighted by Gasteiger charge is -2.25. The maximum Gasteiger partial charge on any atom is 0.248 e. The minimum Gasteiger partial charge on any atom is -0.383 e. The van der Waals surface area contributed by atoms with Gasteiger partial charge in [-0.05, 0) is 31.5 Å². The third-order valence-electron chi connectivity index (χ3n) is 2.49. The first-order valence-electron chi connectivity index (χ1n) is 5.57. The molecule has 94 valence electrons. The second kappa shape index (κ2) is 5.80. The molecule has 0 fully saturated rings. The van der Waals surface area contributed by atoms with Crippen LogP contribution in [0.3, 0.4) is 0 Å². The van der Waals surface area contributed by atoms with Crippen molar-refractivity contribution >= 4 is 5.91 Å². The highest BCUT2D eigenvalue weighted by molar-refractivity contribution is 5.92. The molecule has 0 aliphatic carbocycles. The molecule has 1 aromatic rings. The number of rotatable bonds is 6. The topological polar surface area (TPSA) is 64.3 Å². The van der Waals surface area contributed by atoms with E-state index in [4.69, 9.17) is 10.5 Å². The molecule has 4 nitrogen and oxygen atoms in total. The van der Waals surface area contributed by atoms with E-state index in [1.807, 2.05) is 12.1 Å². The van der Waals surface area contributed by atoms with E-state index in [1.165, 1.54) is 0 Å². The lowest BCUT2D eigenvalue weighted by molar-refractivity contribution is 0.1000. The maximum absolute atomic E-state index is 11.0. The van der Waals surface area contributed by atoms with E-state index in [0.29, 0.717) is 18.7 Å². The van der Waals surface area contributed by atoms with Gasteiger partial charge in [-0.2, -0.15) is 0 Å². The summed E-state index contributed by atoms with van der Waals surface area (Å²) in [5, 5.41) is 3.37. The molecule has 4 heteroatoms. The van der Waals surface area contributed by atoms with Gasteiger partial charge in [0.05, 0.1) is 6.61 Å². The van der Waals surface area contributed by atoms with Crippen molar-refractivity contribution in [2.24, 2.45) is 5.73 Å². The Morgan fingerprint density at radius 2 is 2.18 bits per heavy atom. The average molecular weight is 236 g/mol. The van der Waals surface area contributed by atoms with Crippen LogP contribution in [0.1, 0.15) is 29.8 Å². The number of carbonyl (C=O) groups excluding carboxylic acids is 1. The first-order valence-corrected chi connectivity index (χ1v) is 5.57. The Balaban J connectivity index is 2.63. The van der Waals surface area contributed by atoms with Crippen LogP contribution in [0, 0.1) is 0 Å². The molecule has 17 heavy (non-hydrogen) atoms. The molecule has 3 N–H and O–H groups in total. The number of hydrogen-bond donors (Lipinski definition) is 2. The van der Waals surface area contributed by atoms with Crippen molar-refractivity contribution in [2.45, 2.75) is 25.9 Å². The second-order valence-electron chi connectivity index (χ2n) is 4.74. The first-order chi connectivity index (χ1) is 7.94. The minimum absolute atomic E-state index is 0.0997. The first kappa shape index (κ1) is 13.7. The Labute approximate surface area is 102 Å². The van der Waals surface area contributed by atoms with E-state index in [9.17, 15) is 4.79 Å². The van der Waals surface area contributed by atoms with Crippen molar-refractivity contribution in [2.75, 3.05) is 13.7 Å². The molecular formula is C13H20N2O2. The zero-order valence-electron chi connectivity index (χ0n) is 10.6. The number of nitrogens with one attached hydrogen (secondary N) is 1. The molecule has 1 amide bonds. The summed E-state index contributed by atoms with van der Waals surface area (Å²) in [5.74, 6) is -0.400. The monoisotopic (exact) mass is 236 g/mol. The Hall–Kier alpha value is -1.39. The summed E-state index contributed by atoms with van der Waals surface area (Å²) >= 11 is 0. The van der Waals surface area contributed by atoms with Gasteiger partial charge >= 0.3 is 0 Å². The van der Waals surface area contributed by atoms with Crippen molar-refractivity contribution < 1.29 is 9.53 Å². The number of primary amides is 1. The molecule has 0 aromatic heterocycles.